The minimum absolute atomic E-state index is 0.0965. The van der Waals surface area contributed by atoms with Crippen LogP contribution in [0.25, 0.3) is 0 Å². The van der Waals surface area contributed by atoms with Gasteiger partial charge in [-0.25, -0.2) is 0 Å². The third-order valence-corrected chi connectivity index (χ3v) is 5.00. The van der Waals surface area contributed by atoms with Crippen LogP contribution in [0.5, 0.6) is 11.5 Å². The molecule has 2 heterocycles. The number of hydrogen-bond acceptors (Lipinski definition) is 3. The molecule has 2 aromatic rings. The first-order valence-electron chi connectivity index (χ1n) is 7.70. The molecule has 0 radical (unpaired) electrons. The largest absolute Gasteiger partial charge is 0.493 e. The molecule has 2 aliphatic rings. The van der Waals surface area contributed by atoms with Crippen molar-refractivity contribution in [1.82, 2.24) is 5.32 Å². The minimum atomic E-state index is -0.0965. The Balaban J connectivity index is 1.61. The van der Waals surface area contributed by atoms with Gasteiger partial charge >= 0.3 is 0 Å². The van der Waals surface area contributed by atoms with Crippen molar-refractivity contribution in [2.45, 2.75) is 19.4 Å². The van der Waals surface area contributed by atoms with Gasteiger partial charge in [-0.05, 0) is 34.1 Å². The van der Waals surface area contributed by atoms with E-state index in [-0.39, 0.29) is 5.91 Å². The Hall–Kier alpha value is -2.01. The van der Waals surface area contributed by atoms with Crippen LogP contribution >= 0.6 is 15.9 Å². The molecule has 4 rings (SSSR count). The average molecular weight is 374 g/mol. The number of rotatable bonds is 3. The van der Waals surface area contributed by atoms with Crippen molar-refractivity contribution in [3.63, 3.8) is 0 Å². The lowest BCUT2D eigenvalue weighted by molar-refractivity contribution is 0.0950. The first-order chi connectivity index (χ1) is 11.2. The lowest BCUT2D eigenvalue weighted by Gasteiger charge is -2.14. The predicted octanol–water partition coefficient (Wildman–Crippen LogP) is 3.25. The quantitative estimate of drug-likeness (QED) is 0.898. The second-order valence-corrected chi connectivity index (χ2v) is 6.53. The molecule has 0 aromatic heterocycles. The molecule has 118 valence electrons. The zero-order valence-corrected chi connectivity index (χ0v) is 14.1. The maximum absolute atomic E-state index is 12.4. The molecule has 5 heteroatoms. The summed E-state index contributed by atoms with van der Waals surface area (Å²) in [5.74, 6) is 1.78. The molecule has 0 fully saturated rings. The topological polar surface area (TPSA) is 47.6 Å². The number of ether oxygens (including phenoxy) is 2. The Labute approximate surface area is 142 Å². The Bertz CT molecular complexity index is 756. The number of halogens is 1. The monoisotopic (exact) mass is 373 g/mol. The molecule has 4 nitrogen and oxygen atoms in total. The number of nitrogens with one attached hydrogen (secondary N) is 1. The van der Waals surface area contributed by atoms with E-state index in [0.29, 0.717) is 25.3 Å². The molecule has 0 atom stereocenters. The second-order valence-electron chi connectivity index (χ2n) is 5.68. The normalized spacial score (nSPS) is 14.7. The molecule has 0 spiro atoms. The predicted molar refractivity (Wildman–Crippen MR) is 90.2 cm³/mol. The molecule has 2 aromatic carbocycles. The Morgan fingerprint density at radius 2 is 2.00 bits per heavy atom. The fourth-order valence-corrected chi connectivity index (χ4v) is 3.65. The molecular formula is C18H16BrNO3. The SMILES string of the molecule is O=C(NCc1c2c(cc3c1OCC3)OCC2)c1ccccc1Br. The molecule has 0 aliphatic carbocycles. The van der Waals surface area contributed by atoms with E-state index in [9.17, 15) is 4.79 Å². The van der Waals surface area contributed by atoms with Crippen LogP contribution in [-0.4, -0.2) is 19.1 Å². The Kier molecular flexibility index (Phi) is 3.73. The summed E-state index contributed by atoms with van der Waals surface area (Å²) in [4.78, 5) is 12.4. The highest BCUT2D eigenvalue weighted by atomic mass is 79.9. The van der Waals surface area contributed by atoms with Crippen molar-refractivity contribution >= 4 is 21.8 Å². The molecule has 23 heavy (non-hydrogen) atoms. The lowest BCUT2D eigenvalue weighted by Crippen LogP contribution is -2.24. The second kappa shape index (κ2) is 5.89. The zero-order chi connectivity index (χ0) is 15.8. The fraction of sp³-hybridized carbons (Fsp3) is 0.278. The molecular weight excluding hydrogens is 358 g/mol. The van der Waals surface area contributed by atoms with Crippen LogP contribution in [0.4, 0.5) is 0 Å². The highest BCUT2D eigenvalue weighted by Crippen LogP contribution is 2.40. The van der Waals surface area contributed by atoms with Gasteiger partial charge in [0.15, 0.2) is 0 Å². The van der Waals surface area contributed by atoms with Crippen molar-refractivity contribution in [3.05, 3.63) is 57.1 Å². The van der Waals surface area contributed by atoms with E-state index in [0.717, 1.165) is 39.9 Å². The van der Waals surface area contributed by atoms with E-state index in [4.69, 9.17) is 9.47 Å². The van der Waals surface area contributed by atoms with E-state index >= 15 is 0 Å². The third-order valence-electron chi connectivity index (χ3n) is 4.30. The van der Waals surface area contributed by atoms with Crippen LogP contribution in [0.3, 0.4) is 0 Å². The average Bonchev–Trinajstić information content (AvgIpc) is 3.20. The number of benzene rings is 2. The first kappa shape index (κ1) is 14.6. The van der Waals surface area contributed by atoms with Crippen LogP contribution in [0.2, 0.25) is 0 Å². The van der Waals surface area contributed by atoms with Crippen molar-refractivity contribution in [3.8, 4) is 11.5 Å². The van der Waals surface area contributed by atoms with Crippen LogP contribution in [-0.2, 0) is 19.4 Å². The summed E-state index contributed by atoms with van der Waals surface area (Å²) in [7, 11) is 0. The van der Waals surface area contributed by atoms with Gasteiger partial charge < -0.3 is 14.8 Å². The molecule has 0 unspecified atom stereocenters. The van der Waals surface area contributed by atoms with E-state index < -0.39 is 0 Å². The van der Waals surface area contributed by atoms with Gasteiger partial charge in [0.25, 0.3) is 5.91 Å². The van der Waals surface area contributed by atoms with Gasteiger partial charge in [0.1, 0.15) is 11.5 Å². The standard InChI is InChI=1S/C18H16BrNO3/c19-15-4-2-1-3-13(15)18(21)20-10-14-12-6-8-22-16(12)9-11-5-7-23-17(11)14/h1-4,9H,5-8,10H2,(H,20,21). The highest BCUT2D eigenvalue weighted by molar-refractivity contribution is 9.10. The summed E-state index contributed by atoms with van der Waals surface area (Å²) in [6, 6.07) is 9.50. The van der Waals surface area contributed by atoms with Crippen LogP contribution in [0, 0.1) is 0 Å². The Morgan fingerprint density at radius 1 is 1.17 bits per heavy atom. The summed E-state index contributed by atoms with van der Waals surface area (Å²) >= 11 is 3.42. The smallest absolute Gasteiger partial charge is 0.252 e. The van der Waals surface area contributed by atoms with Gasteiger partial charge in [0, 0.05) is 40.5 Å². The summed E-state index contributed by atoms with van der Waals surface area (Å²) in [6.45, 7) is 1.85. The number of carbonyl (C=O) groups excluding carboxylic acids is 1. The van der Waals surface area contributed by atoms with E-state index in [1.807, 2.05) is 18.2 Å². The minimum Gasteiger partial charge on any atom is -0.493 e. The van der Waals surface area contributed by atoms with Crippen LogP contribution < -0.4 is 14.8 Å². The van der Waals surface area contributed by atoms with E-state index in [1.165, 1.54) is 5.56 Å². The van der Waals surface area contributed by atoms with Crippen molar-refractivity contribution in [1.29, 1.82) is 0 Å². The summed E-state index contributed by atoms with van der Waals surface area (Å²) in [5, 5.41) is 3.01. The fourth-order valence-electron chi connectivity index (χ4n) is 3.18. The van der Waals surface area contributed by atoms with Gasteiger partial charge in [-0.15, -0.1) is 0 Å². The Morgan fingerprint density at radius 3 is 2.87 bits per heavy atom. The number of amides is 1. The molecule has 1 amide bonds. The zero-order valence-electron chi connectivity index (χ0n) is 12.5. The first-order valence-corrected chi connectivity index (χ1v) is 8.49. The van der Waals surface area contributed by atoms with Crippen molar-refractivity contribution in [2.75, 3.05) is 13.2 Å². The van der Waals surface area contributed by atoms with Gasteiger partial charge in [-0.3, -0.25) is 4.79 Å². The van der Waals surface area contributed by atoms with Gasteiger partial charge in [-0.2, -0.15) is 0 Å². The molecule has 0 bridgehead atoms. The third kappa shape index (κ3) is 2.59. The van der Waals surface area contributed by atoms with Gasteiger partial charge in [0.05, 0.1) is 18.8 Å². The van der Waals surface area contributed by atoms with Gasteiger partial charge in [0.2, 0.25) is 0 Å². The molecule has 2 aliphatic heterocycles. The lowest BCUT2D eigenvalue weighted by atomic mass is 9.99. The van der Waals surface area contributed by atoms with Crippen molar-refractivity contribution < 1.29 is 14.3 Å². The maximum atomic E-state index is 12.4. The molecule has 1 N–H and O–H groups in total. The van der Waals surface area contributed by atoms with Crippen molar-refractivity contribution in [2.24, 2.45) is 0 Å². The number of fused-ring (bicyclic) bond motifs is 2. The van der Waals surface area contributed by atoms with Gasteiger partial charge in [-0.1, -0.05) is 12.1 Å². The highest BCUT2D eigenvalue weighted by Gasteiger charge is 2.26. The van der Waals surface area contributed by atoms with Crippen LogP contribution in [0.15, 0.2) is 34.8 Å². The maximum Gasteiger partial charge on any atom is 0.252 e. The van der Waals surface area contributed by atoms with E-state index in [2.05, 4.69) is 27.3 Å². The summed E-state index contributed by atoms with van der Waals surface area (Å²) < 4.78 is 12.3. The number of carbonyl (C=O) groups is 1. The van der Waals surface area contributed by atoms with E-state index in [1.54, 1.807) is 6.07 Å². The molecule has 0 saturated carbocycles. The summed E-state index contributed by atoms with van der Waals surface area (Å²) in [5.41, 5.74) is 4.04. The summed E-state index contributed by atoms with van der Waals surface area (Å²) in [6.07, 6.45) is 1.77. The number of hydrogen-bond donors (Lipinski definition) is 1. The van der Waals surface area contributed by atoms with Crippen LogP contribution in [0.1, 0.15) is 27.0 Å². The molecule has 0 saturated heterocycles.